The Labute approximate surface area is 204 Å². The van der Waals surface area contributed by atoms with E-state index >= 15 is 0 Å². The molecule has 0 saturated carbocycles. The molecule has 0 N–H and O–H groups in total. The molecule has 1 aliphatic heterocycles. The zero-order valence-electron chi connectivity index (χ0n) is 19.4. The van der Waals surface area contributed by atoms with Crippen LogP contribution in [0, 0.1) is 0 Å². The van der Waals surface area contributed by atoms with E-state index in [1.807, 2.05) is 17.5 Å². The van der Waals surface area contributed by atoms with Gasteiger partial charge in [0.1, 0.15) is 11.8 Å². The summed E-state index contributed by atoms with van der Waals surface area (Å²) in [7, 11) is 4.64. The fourth-order valence-electron chi connectivity index (χ4n) is 3.81. The molecule has 0 saturated heterocycles. The molecule has 1 aliphatic rings. The number of thiophene rings is 1. The highest BCUT2D eigenvalue weighted by atomic mass is 32.1. The van der Waals surface area contributed by atoms with Gasteiger partial charge < -0.3 is 18.9 Å². The summed E-state index contributed by atoms with van der Waals surface area (Å²) in [4.78, 5) is 32.5. The molecule has 0 amide bonds. The number of benzene rings is 1. The second-order valence-electron chi connectivity index (χ2n) is 7.27. The maximum atomic E-state index is 13.6. The molecular formula is C24H24N2O6S2. The van der Waals surface area contributed by atoms with Crippen LogP contribution in [-0.2, 0) is 9.53 Å². The smallest absolute Gasteiger partial charge is 0.338 e. The maximum Gasteiger partial charge on any atom is 0.338 e. The number of aromatic nitrogens is 1. The van der Waals surface area contributed by atoms with E-state index in [1.54, 1.807) is 58.0 Å². The third kappa shape index (κ3) is 4.14. The van der Waals surface area contributed by atoms with Gasteiger partial charge in [-0.3, -0.25) is 9.36 Å². The monoisotopic (exact) mass is 500 g/mol. The molecule has 3 heterocycles. The van der Waals surface area contributed by atoms with Crippen molar-refractivity contribution in [3.05, 3.63) is 71.0 Å². The van der Waals surface area contributed by atoms with Crippen LogP contribution in [0.1, 0.15) is 30.3 Å². The molecular weight excluding hydrogens is 476 g/mol. The van der Waals surface area contributed by atoms with Crippen molar-refractivity contribution >= 4 is 34.7 Å². The summed E-state index contributed by atoms with van der Waals surface area (Å²) in [5.74, 6) is 1.09. The Morgan fingerprint density at radius 1 is 1.15 bits per heavy atom. The van der Waals surface area contributed by atoms with E-state index in [1.165, 1.54) is 22.7 Å². The number of methoxy groups -OCH3 is 3. The van der Waals surface area contributed by atoms with Crippen molar-refractivity contribution in [3.8, 4) is 17.2 Å². The van der Waals surface area contributed by atoms with Crippen LogP contribution in [0.5, 0.6) is 17.2 Å². The van der Waals surface area contributed by atoms with Crippen molar-refractivity contribution in [1.29, 1.82) is 0 Å². The van der Waals surface area contributed by atoms with Crippen LogP contribution >= 0.6 is 22.7 Å². The number of thiazole rings is 1. The van der Waals surface area contributed by atoms with Gasteiger partial charge in [0.15, 0.2) is 16.3 Å². The number of fused-ring (bicyclic) bond motifs is 1. The third-order valence-electron chi connectivity index (χ3n) is 5.35. The van der Waals surface area contributed by atoms with Gasteiger partial charge in [0.05, 0.1) is 43.7 Å². The molecule has 4 rings (SSSR count). The molecule has 0 bridgehead atoms. The number of esters is 1. The van der Waals surface area contributed by atoms with E-state index in [-0.39, 0.29) is 12.2 Å². The van der Waals surface area contributed by atoms with E-state index in [9.17, 15) is 9.59 Å². The van der Waals surface area contributed by atoms with Crippen molar-refractivity contribution in [3.63, 3.8) is 0 Å². The van der Waals surface area contributed by atoms with Gasteiger partial charge >= 0.3 is 5.97 Å². The zero-order chi connectivity index (χ0) is 24.4. The Kier molecular flexibility index (Phi) is 6.90. The molecule has 1 atom stereocenters. The van der Waals surface area contributed by atoms with Crippen LogP contribution in [0.2, 0.25) is 0 Å². The van der Waals surface area contributed by atoms with Gasteiger partial charge in [-0.25, -0.2) is 9.79 Å². The number of hydrogen-bond donors (Lipinski definition) is 0. The SMILES string of the molecule is CCOC(=O)C1=C(C)N=c2s/c(=C\c3cc(OC)c(OC)cc3OC)c(=O)n2C1c1cccs1. The minimum absolute atomic E-state index is 0.232. The lowest BCUT2D eigenvalue weighted by Gasteiger charge is -2.23. The first-order valence-electron chi connectivity index (χ1n) is 10.5. The Bertz CT molecular complexity index is 1430. The first-order valence-corrected chi connectivity index (χ1v) is 12.2. The highest BCUT2D eigenvalue weighted by molar-refractivity contribution is 7.10. The largest absolute Gasteiger partial charge is 0.496 e. The lowest BCUT2D eigenvalue weighted by atomic mass is 10.0. The summed E-state index contributed by atoms with van der Waals surface area (Å²) in [6.45, 7) is 3.75. The lowest BCUT2D eigenvalue weighted by Crippen LogP contribution is -2.39. The molecule has 10 heteroatoms. The van der Waals surface area contributed by atoms with E-state index in [4.69, 9.17) is 18.9 Å². The summed E-state index contributed by atoms with van der Waals surface area (Å²) in [6.07, 6.45) is 1.74. The Hall–Kier alpha value is -3.37. The van der Waals surface area contributed by atoms with Crippen LogP contribution in [-0.4, -0.2) is 38.5 Å². The summed E-state index contributed by atoms with van der Waals surface area (Å²) in [5, 5.41) is 1.91. The first kappa shape index (κ1) is 23.8. The predicted octanol–water partition coefficient (Wildman–Crippen LogP) is 2.89. The zero-order valence-corrected chi connectivity index (χ0v) is 21.0. The molecule has 2 aromatic heterocycles. The average Bonchev–Trinajstić information content (AvgIpc) is 3.46. The van der Waals surface area contributed by atoms with Crippen molar-refractivity contribution in [1.82, 2.24) is 4.57 Å². The molecule has 0 spiro atoms. The number of carbonyl (C=O) groups is 1. The number of ether oxygens (including phenoxy) is 4. The molecule has 0 radical (unpaired) electrons. The second kappa shape index (κ2) is 9.86. The van der Waals surface area contributed by atoms with Crippen LogP contribution in [0.4, 0.5) is 0 Å². The van der Waals surface area contributed by atoms with E-state index in [2.05, 4.69) is 4.99 Å². The quantitative estimate of drug-likeness (QED) is 0.464. The highest BCUT2D eigenvalue weighted by Gasteiger charge is 2.33. The van der Waals surface area contributed by atoms with Crippen molar-refractivity contribution in [2.75, 3.05) is 27.9 Å². The standard InChI is InChI=1S/C24H24N2O6S2/c1-6-32-23(28)20-13(2)25-24-26(21(20)18-8-7-9-33-18)22(27)19(34-24)11-14-10-16(30-4)17(31-5)12-15(14)29-3/h7-12,21H,6H2,1-5H3/b19-11-. The summed E-state index contributed by atoms with van der Waals surface area (Å²) >= 11 is 2.72. The second-order valence-corrected chi connectivity index (χ2v) is 9.26. The minimum Gasteiger partial charge on any atom is -0.496 e. The van der Waals surface area contributed by atoms with Crippen LogP contribution in [0.15, 0.2) is 50.7 Å². The topological polar surface area (TPSA) is 88.4 Å². The van der Waals surface area contributed by atoms with Gasteiger partial charge in [-0.2, -0.15) is 0 Å². The number of rotatable bonds is 7. The Morgan fingerprint density at radius 3 is 2.47 bits per heavy atom. The molecule has 0 fully saturated rings. The van der Waals surface area contributed by atoms with E-state index < -0.39 is 12.0 Å². The molecule has 0 aliphatic carbocycles. The van der Waals surface area contributed by atoms with Crippen LogP contribution in [0.25, 0.3) is 6.08 Å². The van der Waals surface area contributed by atoms with Gasteiger partial charge in [0, 0.05) is 16.5 Å². The first-order chi connectivity index (χ1) is 16.4. The molecule has 8 nitrogen and oxygen atoms in total. The van der Waals surface area contributed by atoms with Gasteiger partial charge in [0.2, 0.25) is 0 Å². The molecule has 3 aromatic rings. The third-order valence-corrected chi connectivity index (χ3v) is 7.26. The average molecular weight is 501 g/mol. The lowest BCUT2D eigenvalue weighted by molar-refractivity contribution is -0.139. The number of nitrogens with zero attached hydrogens (tertiary/aromatic N) is 2. The van der Waals surface area contributed by atoms with Crippen LogP contribution in [0.3, 0.4) is 0 Å². The van der Waals surface area contributed by atoms with Gasteiger partial charge in [-0.1, -0.05) is 17.4 Å². The molecule has 178 valence electrons. The Balaban J connectivity index is 1.94. The molecule has 1 aromatic carbocycles. The molecule has 34 heavy (non-hydrogen) atoms. The fourth-order valence-corrected chi connectivity index (χ4v) is 5.68. The van der Waals surface area contributed by atoms with Gasteiger partial charge in [-0.15, -0.1) is 11.3 Å². The molecule has 1 unspecified atom stereocenters. The number of hydrogen-bond acceptors (Lipinski definition) is 9. The van der Waals surface area contributed by atoms with Crippen molar-refractivity contribution in [2.45, 2.75) is 19.9 Å². The highest BCUT2D eigenvalue weighted by Crippen LogP contribution is 2.35. The summed E-state index contributed by atoms with van der Waals surface area (Å²) in [6, 6.07) is 6.65. The van der Waals surface area contributed by atoms with Gasteiger partial charge in [0.25, 0.3) is 5.56 Å². The van der Waals surface area contributed by atoms with E-state index in [0.29, 0.717) is 43.4 Å². The van der Waals surface area contributed by atoms with Gasteiger partial charge in [-0.05, 0) is 37.4 Å². The summed E-state index contributed by atoms with van der Waals surface area (Å²) < 4.78 is 23.6. The van der Waals surface area contributed by atoms with Crippen molar-refractivity contribution < 1.29 is 23.7 Å². The van der Waals surface area contributed by atoms with Crippen LogP contribution < -0.4 is 29.1 Å². The number of allylic oxidation sites excluding steroid dienone is 1. The maximum absolute atomic E-state index is 13.6. The van der Waals surface area contributed by atoms with E-state index in [0.717, 1.165) is 4.88 Å². The fraction of sp³-hybridized carbons (Fsp3) is 0.292. The normalized spacial score (nSPS) is 15.6. The predicted molar refractivity (Wildman–Crippen MR) is 131 cm³/mol. The number of carbonyl (C=O) groups excluding carboxylic acids is 1. The van der Waals surface area contributed by atoms with Crippen molar-refractivity contribution in [2.24, 2.45) is 4.99 Å². The summed E-state index contributed by atoms with van der Waals surface area (Å²) in [5.41, 5.74) is 1.30. The Morgan fingerprint density at radius 2 is 1.85 bits per heavy atom. The minimum atomic E-state index is -0.607.